The first-order valence-electron chi connectivity index (χ1n) is 29.5. The van der Waals surface area contributed by atoms with Gasteiger partial charge in [0.1, 0.15) is 6.10 Å². The van der Waals surface area contributed by atoms with Gasteiger partial charge in [0.15, 0.2) is 18.6 Å². The summed E-state index contributed by atoms with van der Waals surface area (Å²) in [5.74, 6) is -4.55. The molecule has 1 aromatic carbocycles. The summed E-state index contributed by atoms with van der Waals surface area (Å²) in [6.45, 7) is 23.0. The molecule has 4 aliphatic heterocycles. The smallest absolute Gasteiger partial charge is 0.402 e. The highest BCUT2D eigenvalue weighted by molar-refractivity contribution is 7.47. The van der Waals surface area contributed by atoms with Gasteiger partial charge >= 0.3 is 7.82 Å². The van der Waals surface area contributed by atoms with Crippen LogP contribution in [-0.4, -0.2) is 122 Å². The molecule has 0 spiro atoms. The monoisotopic (exact) mass is 1220 g/mol. The normalized spacial score (nSPS) is 29.7. The molecule has 0 bridgehead atoms. The van der Waals surface area contributed by atoms with Crippen molar-refractivity contribution in [2.75, 3.05) is 19.6 Å². The number of aromatic nitrogens is 2. The van der Waals surface area contributed by atoms with E-state index in [1.165, 1.54) is 17.8 Å². The lowest BCUT2D eigenvalue weighted by Gasteiger charge is -2.46. The van der Waals surface area contributed by atoms with Crippen LogP contribution in [0.3, 0.4) is 0 Å². The Morgan fingerprint density at radius 2 is 1.52 bits per heavy atom. The Hall–Kier alpha value is -6.02. The second-order valence-electron chi connectivity index (χ2n) is 25.8. The summed E-state index contributed by atoms with van der Waals surface area (Å²) in [6, 6.07) is 3.17. The number of nitrogens with zero attached hydrogens (tertiary/aromatic N) is 5. The van der Waals surface area contributed by atoms with Gasteiger partial charge in [-0.2, -0.15) is 0 Å². The van der Waals surface area contributed by atoms with Crippen molar-refractivity contribution in [2.24, 2.45) is 106 Å². The van der Waals surface area contributed by atoms with Gasteiger partial charge < -0.3 is 69.9 Å². The van der Waals surface area contributed by atoms with Gasteiger partial charge in [-0.25, -0.2) is 9.55 Å². The molecule has 1 aromatic heterocycles. The molecular weight excluding hydrogens is 1130 g/mol. The van der Waals surface area contributed by atoms with Crippen LogP contribution in [0.2, 0.25) is 0 Å². The molecule has 1 fully saturated rings. The van der Waals surface area contributed by atoms with Crippen molar-refractivity contribution >= 4 is 66.0 Å². The zero-order valence-electron chi connectivity index (χ0n) is 52.0. The summed E-state index contributed by atoms with van der Waals surface area (Å²) in [6.07, 6.45) is -1.46. The van der Waals surface area contributed by atoms with Crippen molar-refractivity contribution in [3.05, 3.63) is 63.9 Å². The van der Waals surface area contributed by atoms with Crippen LogP contribution in [0, 0.1) is 65.1 Å². The zero-order valence-corrected chi connectivity index (χ0v) is 52.9. The number of benzene rings is 1. The van der Waals surface area contributed by atoms with Crippen molar-refractivity contribution in [1.29, 1.82) is 0 Å². The summed E-state index contributed by atoms with van der Waals surface area (Å²) in [5.41, 5.74) is 47.9. The van der Waals surface area contributed by atoms with Gasteiger partial charge in [0.25, 0.3) is 0 Å². The molecule has 2 aromatic rings. The van der Waals surface area contributed by atoms with Gasteiger partial charge in [-0.1, -0.05) is 47.1 Å². The highest BCUT2D eigenvalue weighted by Gasteiger charge is 2.56. The van der Waals surface area contributed by atoms with E-state index in [4.69, 9.17) is 68.9 Å². The first-order chi connectivity index (χ1) is 40.0. The molecule has 26 heteroatoms. The number of phosphoric acid groups is 1. The fourth-order valence-electron chi connectivity index (χ4n) is 13.4. The number of fused-ring (bicyclic) bond motifs is 1. The SMILES string of the molecule is CC(C)=C(N)C(CCC(N)=O)C(C)(CN)C(C)C1N=C(/C(C)=C2N=C(/C=C3\N=CC(C)(CC(N)=O)C3CCC(N)=O)C(C)(C)C\2CCC(N)=O)C(C)(CCC(=O)NCC(C)OP(=O)(O)OC2C(O)OC(n3cnc4cc(C)c(C)cc43)C2O)C1CN. The number of phosphoric ester groups is 1. The van der Waals surface area contributed by atoms with E-state index in [-0.39, 0.29) is 64.1 Å². The molecule has 0 radical (unpaired) electrons. The third kappa shape index (κ3) is 14.8. The van der Waals surface area contributed by atoms with Crippen LogP contribution in [0.5, 0.6) is 0 Å². The second-order valence-corrected chi connectivity index (χ2v) is 27.2. The number of hydrogen-bond acceptors (Lipinski definition) is 18. The maximum atomic E-state index is 14.2. The van der Waals surface area contributed by atoms with Crippen LogP contribution in [0.4, 0.5) is 0 Å². The van der Waals surface area contributed by atoms with Crippen molar-refractivity contribution in [1.82, 2.24) is 14.9 Å². The number of hydrogen-bond donors (Lipinski definition) is 11. The van der Waals surface area contributed by atoms with E-state index in [0.29, 0.717) is 64.4 Å². The third-order valence-corrected chi connectivity index (χ3v) is 20.2. The summed E-state index contributed by atoms with van der Waals surface area (Å²) >= 11 is 0. The van der Waals surface area contributed by atoms with Crippen molar-refractivity contribution in [3.63, 3.8) is 0 Å². The predicted molar refractivity (Wildman–Crippen MR) is 328 cm³/mol. The lowest BCUT2D eigenvalue weighted by Crippen LogP contribution is -2.50. The molecule has 5 amide bonds. The lowest BCUT2D eigenvalue weighted by molar-refractivity contribution is -0.140. The van der Waals surface area contributed by atoms with E-state index in [2.05, 4.69) is 10.3 Å². The van der Waals surface area contributed by atoms with Crippen LogP contribution < -0.4 is 45.5 Å². The predicted octanol–water partition coefficient (Wildman–Crippen LogP) is 4.16. The van der Waals surface area contributed by atoms with Gasteiger partial charge in [-0.15, -0.1) is 0 Å². The highest BCUT2D eigenvalue weighted by Crippen LogP contribution is 2.55. The van der Waals surface area contributed by atoms with E-state index in [0.717, 1.165) is 16.7 Å². The molecular formula is C60H94N13O12P. The quantitative estimate of drug-likeness (QED) is 0.0510. The molecule has 5 heterocycles. The maximum absolute atomic E-state index is 14.2. The van der Waals surface area contributed by atoms with Gasteiger partial charge in [-0.3, -0.25) is 48.0 Å². The van der Waals surface area contributed by atoms with Gasteiger partial charge in [0.05, 0.1) is 29.5 Å². The van der Waals surface area contributed by atoms with Gasteiger partial charge in [0.2, 0.25) is 29.5 Å². The molecule has 86 heavy (non-hydrogen) atoms. The summed E-state index contributed by atoms with van der Waals surface area (Å²) in [4.78, 5) is 94.8. The highest BCUT2D eigenvalue weighted by atomic mass is 31.2. The first kappa shape index (κ1) is 69.1. The average molecular weight is 1220 g/mol. The molecule has 0 saturated carbocycles. The standard InChI is InChI=1S/C60H94N13O12P/c1-30(2)49(67)37(14-17-45(64)75)60(12,27-62)35(7)51-39(25-61)59(11,20-19-48(78)68-26-33(5)84-86(81,82)85-53-52(79)55(83-56(53)80)73-29-70-41-21-31(3)32(4)22-42(41)73)54(72-51)34(6)50-38(15-18-46(65)76)57(8,9)43(71-50)23-40-36(13-16-44(63)74)58(10,28-69-40)24-47(66)77/h21-23,28-29,33,35-39,51-53,55-56,79-80H,13-20,24-27,61-62,67H2,1-12H3,(H2,63,74)(H2,64,75)(H2,65,76)(H2,66,77)(H,68,78)(H,81,82)/b40-23-,50-34-. The Labute approximate surface area is 504 Å². The van der Waals surface area contributed by atoms with E-state index >= 15 is 0 Å². The van der Waals surface area contributed by atoms with E-state index in [1.54, 1.807) is 6.21 Å². The van der Waals surface area contributed by atoms with Crippen LogP contribution in [-0.2, 0) is 42.3 Å². The van der Waals surface area contributed by atoms with Gasteiger partial charge in [-0.05, 0) is 127 Å². The number of aliphatic hydroxyl groups is 2. The number of carbonyl (C=O) groups is 5. The Bertz CT molecular complexity index is 3170. The number of aliphatic imine (C=N–C) groups is 3. The minimum Gasteiger partial charge on any atom is -0.402 e. The van der Waals surface area contributed by atoms with Crippen molar-refractivity contribution in [3.8, 4) is 0 Å². The van der Waals surface area contributed by atoms with E-state index < -0.39 is 120 Å². The minimum atomic E-state index is -5.04. The number of nitrogens with one attached hydrogen (secondary N) is 1. The number of aryl methyl sites for hydroxylation is 2. The topological polar surface area (TPSA) is 440 Å². The van der Waals surface area contributed by atoms with Gasteiger partial charge in [0, 0.05) is 113 Å². The number of carbonyl (C=O) groups excluding carboxylic acids is 5. The minimum absolute atomic E-state index is 0.0193. The molecule has 476 valence electrons. The number of nitrogens with two attached hydrogens (primary N) is 7. The van der Waals surface area contributed by atoms with Crippen molar-refractivity contribution in [2.45, 2.75) is 178 Å². The van der Waals surface area contributed by atoms with Crippen LogP contribution >= 0.6 is 7.82 Å². The molecule has 4 aliphatic rings. The summed E-state index contributed by atoms with van der Waals surface area (Å²) in [7, 11) is -5.04. The molecule has 6 rings (SSSR count). The number of aliphatic hydroxyl groups excluding tert-OH is 2. The third-order valence-electron chi connectivity index (χ3n) is 19.1. The number of allylic oxidation sites excluding steroid dienone is 6. The van der Waals surface area contributed by atoms with Crippen LogP contribution in [0.1, 0.15) is 144 Å². The Kier molecular flexibility index (Phi) is 21.8. The van der Waals surface area contributed by atoms with Crippen LogP contribution in [0.15, 0.2) is 67.8 Å². The molecule has 0 aliphatic carbocycles. The second kappa shape index (κ2) is 27.2. The first-order valence-corrected chi connectivity index (χ1v) is 31.0. The maximum Gasteiger partial charge on any atom is 0.473 e. The lowest BCUT2D eigenvalue weighted by atomic mass is 9.59. The molecule has 25 nitrogen and oxygen atoms in total. The number of primary amides is 4. The molecule has 15 unspecified atom stereocenters. The number of rotatable bonds is 29. The number of imidazole rings is 1. The number of amides is 5. The van der Waals surface area contributed by atoms with Crippen molar-refractivity contribution < 1.29 is 57.4 Å². The van der Waals surface area contributed by atoms with Crippen LogP contribution in [0.25, 0.3) is 11.0 Å². The summed E-state index contributed by atoms with van der Waals surface area (Å²) < 4.78 is 31.4. The zero-order chi connectivity index (χ0) is 64.3. The van der Waals surface area contributed by atoms with E-state index in [1.807, 2.05) is 94.4 Å². The largest absolute Gasteiger partial charge is 0.473 e. The molecule has 1 saturated heterocycles. The number of ether oxygens (including phenoxy) is 1. The fraction of sp³-hybridized carbons (Fsp3) is 0.650. The Balaban J connectivity index is 1.34. The fourth-order valence-corrected chi connectivity index (χ4v) is 14.5. The average Bonchev–Trinajstić information content (AvgIpc) is 1.61. The molecule has 18 N–H and O–H groups in total. The molecule has 15 atom stereocenters. The Morgan fingerprint density at radius 1 is 0.907 bits per heavy atom. The summed E-state index contributed by atoms with van der Waals surface area (Å²) in [5, 5.41) is 24.9. The Morgan fingerprint density at radius 3 is 2.10 bits per heavy atom. The van der Waals surface area contributed by atoms with E-state index in [9.17, 15) is 43.6 Å².